The number of terminal acetylenes is 1. The molecule has 1 heterocycles. The quantitative estimate of drug-likeness (QED) is 0.679. The van der Waals surface area contributed by atoms with Crippen molar-refractivity contribution in [2.24, 2.45) is 0 Å². The molecule has 0 aliphatic carbocycles. The molecule has 1 aromatic rings. The van der Waals surface area contributed by atoms with E-state index in [9.17, 15) is 0 Å². The zero-order valence-electron chi connectivity index (χ0n) is 6.67. The van der Waals surface area contributed by atoms with E-state index in [1.165, 1.54) is 2.88 Å². The number of hydrogen-bond donors (Lipinski definition) is 1. The molecule has 0 radical (unpaired) electrons. The maximum absolute atomic E-state index is 5.21. The molecule has 12 heavy (non-hydrogen) atoms. The van der Waals surface area contributed by atoms with Gasteiger partial charge in [0.25, 0.3) is 0 Å². The zero-order valence-corrected chi connectivity index (χ0v) is 9.65. The van der Waals surface area contributed by atoms with Gasteiger partial charge in [0.05, 0.1) is 15.1 Å². The summed E-state index contributed by atoms with van der Waals surface area (Å²) >= 11 is 3.94. The molecule has 0 fully saturated rings. The molecule has 2 nitrogen and oxygen atoms in total. The van der Waals surface area contributed by atoms with E-state index in [4.69, 9.17) is 6.42 Å². The van der Waals surface area contributed by atoms with Crippen LogP contribution in [0, 0.1) is 15.2 Å². The third-order valence-electron chi connectivity index (χ3n) is 1.33. The minimum atomic E-state index is 0.117. The highest BCUT2D eigenvalue weighted by Crippen LogP contribution is 2.14. The molecule has 4 heteroatoms. The molecule has 1 N–H and O–H groups in total. The number of rotatable bonds is 3. The van der Waals surface area contributed by atoms with Gasteiger partial charge in [-0.05, 0) is 29.5 Å². The summed E-state index contributed by atoms with van der Waals surface area (Å²) in [5.41, 5.74) is 0. The van der Waals surface area contributed by atoms with E-state index in [0.717, 1.165) is 11.6 Å². The van der Waals surface area contributed by atoms with E-state index in [-0.39, 0.29) is 6.04 Å². The van der Waals surface area contributed by atoms with Crippen molar-refractivity contribution < 1.29 is 0 Å². The first-order valence-corrected chi connectivity index (χ1v) is 5.41. The molecule has 0 saturated heterocycles. The van der Waals surface area contributed by atoms with Gasteiger partial charge in [-0.2, -0.15) is 0 Å². The smallest absolute Gasteiger partial charge is 0.107 e. The van der Waals surface area contributed by atoms with Gasteiger partial charge in [0, 0.05) is 6.54 Å². The number of halogens is 1. The lowest BCUT2D eigenvalue weighted by molar-refractivity contribution is 0.645. The first kappa shape index (κ1) is 9.96. The van der Waals surface area contributed by atoms with E-state index < -0.39 is 0 Å². The van der Waals surface area contributed by atoms with Crippen LogP contribution < -0.4 is 5.32 Å². The standard InChI is InChI=1S/C8H9IN2S/c1-3-6(2)10-5-8-11-4-7(9)12-8/h1,4,6,10H,5H2,2H3. The van der Waals surface area contributed by atoms with Crippen molar-refractivity contribution in [1.82, 2.24) is 10.3 Å². The van der Waals surface area contributed by atoms with Crippen LogP contribution in [0.3, 0.4) is 0 Å². The molecule has 0 spiro atoms. The number of nitrogens with one attached hydrogen (secondary N) is 1. The Balaban J connectivity index is 2.39. The van der Waals surface area contributed by atoms with Gasteiger partial charge in [-0.25, -0.2) is 4.98 Å². The van der Waals surface area contributed by atoms with E-state index in [2.05, 4.69) is 38.8 Å². The van der Waals surface area contributed by atoms with Crippen molar-refractivity contribution in [1.29, 1.82) is 0 Å². The van der Waals surface area contributed by atoms with Gasteiger partial charge in [-0.15, -0.1) is 17.8 Å². The Morgan fingerprint density at radius 3 is 3.17 bits per heavy atom. The second-order valence-electron chi connectivity index (χ2n) is 2.33. The molecular weight excluding hydrogens is 283 g/mol. The summed E-state index contributed by atoms with van der Waals surface area (Å²) < 4.78 is 1.21. The third kappa shape index (κ3) is 3.09. The van der Waals surface area contributed by atoms with E-state index >= 15 is 0 Å². The highest BCUT2D eigenvalue weighted by Gasteiger charge is 2.00. The number of thiazole rings is 1. The molecule has 1 rings (SSSR count). The molecule has 0 aromatic carbocycles. The molecule has 0 saturated carbocycles. The fraction of sp³-hybridized carbons (Fsp3) is 0.375. The lowest BCUT2D eigenvalue weighted by Crippen LogP contribution is -2.23. The summed E-state index contributed by atoms with van der Waals surface area (Å²) in [5, 5.41) is 4.26. The average Bonchev–Trinajstić information content (AvgIpc) is 2.47. The van der Waals surface area contributed by atoms with Crippen molar-refractivity contribution in [2.45, 2.75) is 19.5 Å². The lowest BCUT2D eigenvalue weighted by Gasteiger charge is -2.03. The Hall–Kier alpha value is -0.120. The Bertz CT molecular complexity index is 289. The van der Waals surface area contributed by atoms with Gasteiger partial charge in [0.15, 0.2) is 0 Å². The molecular formula is C8H9IN2S. The zero-order chi connectivity index (χ0) is 8.97. The van der Waals surface area contributed by atoms with Crippen LogP contribution in [0.4, 0.5) is 0 Å². The van der Waals surface area contributed by atoms with Crippen molar-refractivity contribution >= 4 is 33.9 Å². The monoisotopic (exact) mass is 292 g/mol. The largest absolute Gasteiger partial charge is 0.297 e. The normalized spacial score (nSPS) is 12.4. The van der Waals surface area contributed by atoms with Gasteiger partial charge in [-0.1, -0.05) is 5.92 Å². The number of nitrogens with zero attached hydrogens (tertiary/aromatic N) is 1. The van der Waals surface area contributed by atoms with E-state index in [1.807, 2.05) is 13.1 Å². The van der Waals surface area contributed by atoms with Crippen molar-refractivity contribution in [3.63, 3.8) is 0 Å². The third-order valence-corrected chi connectivity index (χ3v) is 3.06. The molecule has 1 unspecified atom stereocenters. The molecule has 0 bridgehead atoms. The Morgan fingerprint density at radius 2 is 2.67 bits per heavy atom. The predicted octanol–water partition coefficient (Wildman–Crippen LogP) is 1.86. The van der Waals surface area contributed by atoms with Crippen LogP contribution in [0.1, 0.15) is 11.9 Å². The summed E-state index contributed by atoms with van der Waals surface area (Å²) in [4.78, 5) is 4.20. The van der Waals surface area contributed by atoms with Crippen LogP contribution in [-0.2, 0) is 6.54 Å². The maximum Gasteiger partial charge on any atom is 0.107 e. The van der Waals surface area contributed by atoms with Gasteiger partial charge < -0.3 is 0 Å². The Morgan fingerprint density at radius 1 is 1.92 bits per heavy atom. The van der Waals surface area contributed by atoms with Crippen LogP contribution in [0.2, 0.25) is 0 Å². The molecule has 0 aliphatic rings. The summed E-state index contributed by atoms with van der Waals surface area (Å²) in [6.45, 7) is 2.72. The molecule has 1 aromatic heterocycles. The molecule has 0 amide bonds. The topological polar surface area (TPSA) is 24.9 Å². The Labute approximate surface area is 89.9 Å². The summed E-state index contributed by atoms with van der Waals surface area (Å²) in [6, 6.07) is 0.117. The fourth-order valence-electron chi connectivity index (χ4n) is 0.669. The summed E-state index contributed by atoms with van der Waals surface area (Å²) in [6.07, 6.45) is 7.07. The second-order valence-corrected chi connectivity index (χ2v) is 5.34. The predicted molar refractivity (Wildman–Crippen MR) is 60.0 cm³/mol. The van der Waals surface area contributed by atoms with Crippen molar-refractivity contribution in [3.05, 3.63) is 14.1 Å². The van der Waals surface area contributed by atoms with Gasteiger partial charge in [0.1, 0.15) is 5.01 Å². The van der Waals surface area contributed by atoms with Gasteiger partial charge in [-0.3, -0.25) is 5.32 Å². The van der Waals surface area contributed by atoms with Crippen LogP contribution in [0.15, 0.2) is 6.20 Å². The Kier molecular flexibility index (Phi) is 3.98. The van der Waals surface area contributed by atoms with Crippen molar-refractivity contribution in [2.75, 3.05) is 0 Å². The van der Waals surface area contributed by atoms with Crippen LogP contribution in [0.25, 0.3) is 0 Å². The first-order valence-electron chi connectivity index (χ1n) is 3.52. The van der Waals surface area contributed by atoms with Crippen LogP contribution in [0.5, 0.6) is 0 Å². The average molecular weight is 292 g/mol. The van der Waals surface area contributed by atoms with Crippen LogP contribution in [-0.4, -0.2) is 11.0 Å². The van der Waals surface area contributed by atoms with E-state index in [0.29, 0.717) is 0 Å². The van der Waals surface area contributed by atoms with Crippen molar-refractivity contribution in [3.8, 4) is 12.3 Å². The minimum Gasteiger partial charge on any atom is -0.297 e. The summed E-state index contributed by atoms with van der Waals surface area (Å²) in [7, 11) is 0. The SMILES string of the molecule is C#CC(C)NCc1ncc(I)s1. The molecule has 0 aliphatic heterocycles. The molecule has 1 atom stereocenters. The number of hydrogen-bond acceptors (Lipinski definition) is 3. The number of aromatic nitrogens is 1. The maximum atomic E-state index is 5.21. The van der Waals surface area contributed by atoms with Crippen LogP contribution >= 0.6 is 33.9 Å². The lowest BCUT2D eigenvalue weighted by atomic mass is 10.3. The first-order chi connectivity index (χ1) is 5.72. The molecule has 64 valence electrons. The minimum absolute atomic E-state index is 0.117. The van der Waals surface area contributed by atoms with E-state index in [1.54, 1.807) is 11.3 Å². The highest BCUT2D eigenvalue weighted by atomic mass is 127. The highest BCUT2D eigenvalue weighted by molar-refractivity contribution is 14.1. The second kappa shape index (κ2) is 4.80. The fourth-order valence-corrected chi connectivity index (χ4v) is 2.16. The van der Waals surface area contributed by atoms with Gasteiger partial charge >= 0.3 is 0 Å². The van der Waals surface area contributed by atoms with Gasteiger partial charge in [0.2, 0.25) is 0 Å². The summed E-state index contributed by atoms with van der Waals surface area (Å²) in [5.74, 6) is 2.61.